The molecule has 0 saturated carbocycles. The highest BCUT2D eigenvalue weighted by Gasteiger charge is 2.36. The molecule has 0 aromatic rings. The van der Waals surface area contributed by atoms with Crippen LogP contribution in [0.2, 0.25) is 18.1 Å². The van der Waals surface area contributed by atoms with Crippen LogP contribution in [0.4, 0.5) is 0 Å². The largest absolute Gasteiger partial charge is 0.417 e. The highest BCUT2D eigenvalue weighted by molar-refractivity contribution is 6.74. The van der Waals surface area contributed by atoms with Gasteiger partial charge in [-0.2, -0.15) is 0 Å². The molecule has 0 aromatic carbocycles. The van der Waals surface area contributed by atoms with Crippen molar-refractivity contribution in [3.63, 3.8) is 0 Å². The monoisotopic (exact) mass is 214 g/mol. The fourth-order valence-corrected chi connectivity index (χ4v) is 2.00. The predicted octanol–water partition coefficient (Wildman–Crippen LogP) is 4.36. The van der Waals surface area contributed by atoms with Crippen LogP contribution in [0, 0.1) is 0 Å². The Hall–Kier alpha value is -0.0831. The van der Waals surface area contributed by atoms with Crippen molar-refractivity contribution in [3.8, 4) is 0 Å². The van der Waals surface area contributed by atoms with E-state index in [0.29, 0.717) is 5.04 Å². The maximum Gasteiger partial charge on any atom is 0.191 e. The number of allylic oxidation sites excluding steroid dienone is 2. The summed E-state index contributed by atoms with van der Waals surface area (Å²) in [5.74, 6) is 0. The van der Waals surface area contributed by atoms with Gasteiger partial charge in [0.05, 0.1) is 0 Å². The third-order valence-electron chi connectivity index (χ3n) is 3.02. The van der Waals surface area contributed by atoms with Gasteiger partial charge in [0, 0.05) is 6.61 Å². The Morgan fingerprint density at radius 3 is 2.21 bits per heavy atom. The Balaban J connectivity index is 3.77. The summed E-state index contributed by atoms with van der Waals surface area (Å²) >= 11 is 0. The standard InChI is InChI=1S/C12H26OSi/c1-7-8-9-10-11-13-14(5,6)12(2,3)4/h7-8H,9-11H2,1-6H3/b8-7+. The molecule has 0 radical (unpaired) electrons. The maximum atomic E-state index is 6.05. The number of hydrogen-bond acceptors (Lipinski definition) is 1. The predicted molar refractivity (Wildman–Crippen MR) is 67.2 cm³/mol. The second-order valence-corrected chi connectivity index (χ2v) is 10.1. The van der Waals surface area contributed by atoms with Gasteiger partial charge in [-0.1, -0.05) is 32.9 Å². The first-order valence-electron chi connectivity index (χ1n) is 5.56. The van der Waals surface area contributed by atoms with Crippen molar-refractivity contribution in [2.75, 3.05) is 6.61 Å². The molecular weight excluding hydrogens is 188 g/mol. The van der Waals surface area contributed by atoms with Crippen molar-refractivity contribution < 1.29 is 4.43 Å². The van der Waals surface area contributed by atoms with Gasteiger partial charge in [0.25, 0.3) is 0 Å². The Labute approximate surface area is 90.7 Å². The summed E-state index contributed by atoms with van der Waals surface area (Å²) in [4.78, 5) is 0. The van der Waals surface area contributed by atoms with E-state index in [1.165, 1.54) is 0 Å². The zero-order valence-electron chi connectivity index (χ0n) is 10.7. The number of unbranched alkanes of at least 4 members (excludes halogenated alkanes) is 1. The van der Waals surface area contributed by atoms with Crippen LogP contribution in [0.3, 0.4) is 0 Å². The van der Waals surface area contributed by atoms with Crippen molar-refractivity contribution >= 4 is 8.32 Å². The van der Waals surface area contributed by atoms with Crippen molar-refractivity contribution in [2.24, 2.45) is 0 Å². The lowest BCUT2D eigenvalue weighted by molar-refractivity contribution is 0.283. The molecule has 84 valence electrons. The molecule has 0 saturated heterocycles. The van der Waals surface area contributed by atoms with Crippen molar-refractivity contribution in [3.05, 3.63) is 12.2 Å². The number of rotatable bonds is 5. The van der Waals surface area contributed by atoms with E-state index in [1.807, 2.05) is 0 Å². The molecule has 2 heteroatoms. The van der Waals surface area contributed by atoms with Crippen LogP contribution in [0.25, 0.3) is 0 Å². The molecule has 0 aliphatic heterocycles. The van der Waals surface area contributed by atoms with Crippen molar-refractivity contribution in [1.29, 1.82) is 0 Å². The highest BCUT2D eigenvalue weighted by Crippen LogP contribution is 2.36. The van der Waals surface area contributed by atoms with E-state index >= 15 is 0 Å². The van der Waals surface area contributed by atoms with Gasteiger partial charge in [-0.15, -0.1) is 0 Å². The molecule has 0 amide bonds. The van der Waals surface area contributed by atoms with Gasteiger partial charge in [0.2, 0.25) is 0 Å². The van der Waals surface area contributed by atoms with Crippen LogP contribution in [0.15, 0.2) is 12.2 Å². The van der Waals surface area contributed by atoms with Crippen LogP contribution in [-0.4, -0.2) is 14.9 Å². The first-order valence-corrected chi connectivity index (χ1v) is 8.47. The fraction of sp³-hybridized carbons (Fsp3) is 0.833. The van der Waals surface area contributed by atoms with Crippen LogP contribution in [0.5, 0.6) is 0 Å². The minimum Gasteiger partial charge on any atom is -0.417 e. The first kappa shape index (κ1) is 13.9. The van der Waals surface area contributed by atoms with E-state index in [2.05, 4.69) is 52.9 Å². The average Bonchev–Trinajstić information content (AvgIpc) is 2.02. The SMILES string of the molecule is C/C=C/CCCO[Si](C)(C)C(C)(C)C. The smallest absolute Gasteiger partial charge is 0.191 e. The Bertz CT molecular complexity index is 177. The molecule has 0 spiro atoms. The topological polar surface area (TPSA) is 9.23 Å². The molecule has 0 unspecified atom stereocenters. The lowest BCUT2D eigenvalue weighted by Crippen LogP contribution is -2.40. The van der Waals surface area contributed by atoms with Gasteiger partial charge in [-0.25, -0.2) is 0 Å². The Morgan fingerprint density at radius 1 is 1.21 bits per heavy atom. The van der Waals surface area contributed by atoms with Gasteiger partial charge in [0.15, 0.2) is 8.32 Å². The summed E-state index contributed by atoms with van der Waals surface area (Å²) in [6.45, 7) is 14.4. The zero-order chi connectivity index (χ0) is 11.2. The van der Waals surface area contributed by atoms with Crippen molar-refractivity contribution in [1.82, 2.24) is 0 Å². The van der Waals surface area contributed by atoms with E-state index in [1.54, 1.807) is 0 Å². The molecule has 0 fully saturated rings. The second-order valence-electron chi connectivity index (χ2n) is 5.32. The summed E-state index contributed by atoms with van der Waals surface area (Å²) in [7, 11) is -1.49. The van der Waals surface area contributed by atoms with E-state index in [0.717, 1.165) is 19.4 Å². The first-order chi connectivity index (χ1) is 6.31. The molecular formula is C12H26OSi. The lowest BCUT2D eigenvalue weighted by Gasteiger charge is -2.36. The van der Waals surface area contributed by atoms with Gasteiger partial charge in [-0.05, 0) is 37.9 Å². The molecule has 0 aromatic heterocycles. The van der Waals surface area contributed by atoms with E-state index in [-0.39, 0.29) is 0 Å². The van der Waals surface area contributed by atoms with Gasteiger partial charge < -0.3 is 4.43 Å². The van der Waals surface area contributed by atoms with Gasteiger partial charge >= 0.3 is 0 Å². The minimum atomic E-state index is -1.49. The minimum absolute atomic E-state index is 0.341. The quantitative estimate of drug-likeness (QED) is 0.375. The summed E-state index contributed by atoms with van der Waals surface area (Å²) in [5.41, 5.74) is 0. The van der Waals surface area contributed by atoms with Gasteiger partial charge in [0.1, 0.15) is 0 Å². The van der Waals surface area contributed by atoms with Gasteiger partial charge in [-0.3, -0.25) is 0 Å². The molecule has 0 atom stereocenters. The molecule has 0 heterocycles. The molecule has 0 aliphatic carbocycles. The van der Waals surface area contributed by atoms with E-state index in [4.69, 9.17) is 4.43 Å². The summed E-state index contributed by atoms with van der Waals surface area (Å²) in [6.07, 6.45) is 6.60. The van der Waals surface area contributed by atoms with Crippen LogP contribution in [0.1, 0.15) is 40.5 Å². The Morgan fingerprint density at radius 2 is 1.79 bits per heavy atom. The third-order valence-corrected chi connectivity index (χ3v) is 7.56. The number of hydrogen-bond donors (Lipinski definition) is 0. The molecule has 0 aliphatic rings. The van der Waals surface area contributed by atoms with E-state index < -0.39 is 8.32 Å². The molecule has 0 N–H and O–H groups in total. The fourth-order valence-electron chi connectivity index (χ4n) is 0.912. The van der Waals surface area contributed by atoms with E-state index in [9.17, 15) is 0 Å². The third kappa shape index (κ3) is 4.96. The zero-order valence-corrected chi connectivity index (χ0v) is 11.7. The molecule has 14 heavy (non-hydrogen) atoms. The summed E-state index contributed by atoms with van der Waals surface area (Å²) in [6, 6.07) is 0. The molecule has 1 nitrogen and oxygen atoms in total. The van der Waals surface area contributed by atoms with Crippen LogP contribution >= 0.6 is 0 Å². The molecule has 0 bridgehead atoms. The maximum absolute atomic E-state index is 6.05. The van der Waals surface area contributed by atoms with Crippen LogP contribution in [-0.2, 0) is 4.43 Å². The lowest BCUT2D eigenvalue weighted by atomic mass is 10.2. The average molecular weight is 214 g/mol. The van der Waals surface area contributed by atoms with Crippen molar-refractivity contribution in [2.45, 2.75) is 58.7 Å². The second kappa shape index (κ2) is 5.71. The highest BCUT2D eigenvalue weighted by atomic mass is 28.4. The van der Waals surface area contributed by atoms with Crippen LogP contribution < -0.4 is 0 Å². The summed E-state index contributed by atoms with van der Waals surface area (Å²) in [5, 5.41) is 0.341. The summed E-state index contributed by atoms with van der Waals surface area (Å²) < 4.78 is 6.05. The Kier molecular flexibility index (Phi) is 5.68. The molecule has 0 rings (SSSR count). The normalized spacial score (nSPS) is 13.9.